The van der Waals surface area contributed by atoms with Gasteiger partial charge in [-0.3, -0.25) is 9.69 Å². The lowest BCUT2D eigenvalue weighted by Gasteiger charge is -2.26. The van der Waals surface area contributed by atoms with E-state index in [1.807, 2.05) is 42.5 Å². The molecule has 0 aliphatic carbocycles. The molecule has 1 saturated heterocycles. The van der Waals surface area contributed by atoms with Crippen LogP contribution in [0.5, 0.6) is 23.0 Å². The highest BCUT2D eigenvalue weighted by molar-refractivity contribution is 5.87. The van der Waals surface area contributed by atoms with Gasteiger partial charge < -0.3 is 34.7 Å². The minimum absolute atomic E-state index is 0.0265. The fourth-order valence-electron chi connectivity index (χ4n) is 5.82. The van der Waals surface area contributed by atoms with Gasteiger partial charge in [0.2, 0.25) is 5.56 Å². The molecule has 1 aliphatic heterocycles. The molecule has 0 bridgehead atoms. The molecule has 1 fully saturated rings. The molecule has 0 amide bonds. The Morgan fingerprint density at radius 2 is 1.74 bits per heavy atom. The first-order chi connectivity index (χ1) is 22.5. The number of aromatic hydroxyl groups is 1. The summed E-state index contributed by atoms with van der Waals surface area (Å²) in [5, 5.41) is 24.8. The van der Waals surface area contributed by atoms with Crippen molar-refractivity contribution in [2.75, 3.05) is 46.5 Å². The summed E-state index contributed by atoms with van der Waals surface area (Å²) < 4.78 is 17.4. The first kappa shape index (κ1) is 31.3. The average Bonchev–Trinajstić information content (AvgIpc) is 3.08. The summed E-state index contributed by atoms with van der Waals surface area (Å²) in [4.78, 5) is 16.7. The summed E-state index contributed by atoms with van der Waals surface area (Å²) >= 11 is 0. The van der Waals surface area contributed by atoms with E-state index in [2.05, 4.69) is 39.5 Å². The van der Waals surface area contributed by atoms with Crippen LogP contribution in [0.25, 0.3) is 22.0 Å². The number of ether oxygens (including phenoxy) is 3. The van der Waals surface area contributed by atoms with E-state index in [1.165, 1.54) is 17.7 Å². The number of nitrogens with zero attached hydrogens (tertiary/aromatic N) is 1. The number of aromatic amines is 1. The van der Waals surface area contributed by atoms with E-state index in [0.717, 1.165) is 73.2 Å². The normalized spacial score (nSPS) is 14.3. The van der Waals surface area contributed by atoms with E-state index in [0.29, 0.717) is 29.6 Å². The number of morpholine rings is 1. The Balaban J connectivity index is 1.04. The van der Waals surface area contributed by atoms with Gasteiger partial charge in [-0.15, -0.1) is 0 Å². The van der Waals surface area contributed by atoms with Crippen LogP contribution in [-0.4, -0.2) is 66.6 Å². The van der Waals surface area contributed by atoms with Crippen molar-refractivity contribution in [3.05, 3.63) is 118 Å². The molecule has 6 rings (SSSR count). The Hall–Kier alpha value is -4.67. The fraction of sp³-hybridized carbons (Fsp3) is 0.270. The average molecular weight is 622 g/mol. The predicted octanol–water partition coefficient (Wildman–Crippen LogP) is 5.40. The quantitative estimate of drug-likeness (QED) is 0.137. The zero-order valence-corrected chi connectivity index (χ0v) is 25.9. The maximum Gasteiger partial charge on any atom is 0.248 e. The van der Waals surface area contributed by atoms with Gasteiger partial charge >= 0.3 is 0 Å². The van der Waals surface area contributed by atoms with Gasteiger partial charge in [-0.25, -0.2) is 0 Å². The molecule has 46 heavy (non-hydrogen) atoms. The van der Waals surface area contributed by atoms with Gasteiger partial charge in [0, 0.05) is 43.2 Å². The number of phenolic OH excluding ortho intramolecular Hbond substituents is 1. The number of nitrogens with one attached hydrogen (secondary N) is 2. The summed E-state index contributed by atoms with van der Waals surface area (Å²) in [7, 11) is 1.68. The summed E-state index contributed by atoms with van der Waals surface area (Å²) in [5.41, 5.74) is 5.09. The van der Waals surface area contributed by atoms with Crippen LogP contribution < -0.4 is 20.3 Å². The number of aliphatic hydroxyl groups excluding tert-OH is 1. The molecule has 1 aliphatic rings. The number of fused-ring (bicyclic) bond motifs is 1. The Bertz CT molecular complexity index is 1830. The van der Waals surface area contributed by atoms with E-state index in [1.54, 1.807) is 19.2 Å². The molecule has 1 atom stereocenters. The lowest BCUT2D eigenvalue weighted by atomic mass is 10.0. The lowest BCUT2D eigenvalue weighted by Crippen LogP contribution is -2.35. The van der Waals surface area contributed by atoms with E-state index in [-0.39, 0.29) is 11.3 Å². The topological polar surface area (TPSA) is 116 Å². The van der Waals surface area contributed by atoms with Crippen LogP contribution in [0.3, 0.4) is 0 Å². The molecule has 4 N–H and O–H groups in total. The highest BCUT2D eigenvalue weighted by Crippen LogP contribution is 2.36. The number of pyridine rings is 1. The Kier molecular flexibility index (Phi) is 9.95. The first-order valence-corrected chi connectivity index (χ1v) is 15.5. The van der Waals surface area contributed by atoms with Crippen molar-refractivity contribution in [3.8, 4) is 34.1 Å². The van der Waals surface area contributed by atoms with Crippen LogP contribution in [0.2, 0.25) is 0 Å². The van der Waals surface area contributed by atoms with Crippen molar-refractivity contribution in [3.63, 3.8) is 0 Å². The first-order valence-electron chi connectivity index (χ1n) is 15.5. The molecule has 0 radical (unpaired) electrons. The van der Waals surface area contributed by atoms with Crippen LogP contribution in [0.15, 0.2) is 95.8 Å². The minimum Gasteiger partial charge on any atom is -0.506 e. The van der Waals surface area contributed by atoms with E-state index < -0.39 is 6.10 Å². The van der Waals surface area contributed by atoms with Gasteiger partial charge in [0.1, 0.15) is 23.0 Å². The molecule has 5 aromatic rings. The Labute approximate surface area is 268 Å². The number of hydrogen-bond acceptors (Lipinski definition) is 8. The van der Waals surface area contributed by atoms with Crippen LogP contribution in [0.4, 0.5) is 0 Å². The van der Waals surface area contributed by atoms with Crippen molar-refractivity contribution in [1.29, 1.82) is 0 Å². The number of methoxy groups -OCH3 is 1. The SMILES string of the molecule is COc1ccc(Oc2ccc(CCNCC(O)c3ccc(O)c4[nH]c(=O)ccc34)cc2)cc1-c1cccc(CN2CCOCC2)c1. The number of rotatable bonds is 12. The molecular weight excluding hydrogens is 582 g/mol. The molecule has 1 aromatic heterocycles. The molecule has 0 saturated carbocycles. The van der Waals surface area contributed by atoms with E-state index in [4.69, 9.17) is 14.2 Å². The van der Waals surface area contributed by atoms with Gasteiger partial charge in [-0.05, 0) is 83.8 Å². The van der Waals surface area contributed by atoms with Gasteiger partial charge in [0.05, 0.1) is 31.9 Å². The van der Waals surface area contributed by atoms with Crippen LogP contribution in [0.1, 0.15) is 22.8 Å². The smallest absolute Gasteiger partial charge is 0.248 e. The van der Waals surface area contributed by atoms with Gasteiger partial charge in [-0.1, -0.05) is 36.4 Å². The fourth-order valence-corrected chi connectivity index (χ4v) is 5.82. The van der Waals surface area contributed by atoms with Gasteiger partial charge in [-0.2, -0.15) is 0 Å². The highest BCUT2D eigenvalue weighted by atomic mass is 16.5. The maximum atomic E-state index is 11.7. The molecule has 2 heterocycles. The number of aromatic nitrogens is 1. The third-order valence-corrected chi connectivity index (χ3v) is 8.27. The molecule has 1 unspecified atom stereocenters. The monoisotopic (exact) mass is 621 g/mol. The largest absolute Gasteiger partial charge is 0.506 e. The summed E-state index contributed by atoms with van der Waals surface area (Å²) in [6, 6.07) is 28.6. The standard InChI is InChI=1S/C37H39N3O6/c1-44-35-13-9-29(22-32(35)27-4-2-3-26(21-27)24-40-17-19-45-20-18-40)46-28-7-5-25(6-8-28)15-16-38-23-34(42)30-10-12-33(41)37-31(30)11-14-36(43)39-37/h2-14,21-22,34,38,41-42H,15-20,23-24H2,1H3,(H,39,43). The van der Waals surface area contributed by atoms with Crippen molar-refractivity contribution < 1.29 is 24.4 Å². The number of hydrogen-bond donors (Lipinski definition) is 4. The van der Waals surface area contributed by atoms with Crippen LogP contribution >= 0.6 is 0 Å². The molecule has 238 valence electrons. The third-order valence-electron chi connectivity index (χ3n) is 8.27. The third kappa shape index (κ3) is 7.58. The van der Waals surface area contributed by atoms with Crippen LogP contribution in [0, 0.1) is 0 Å². The van der Waals surface area contributed by atoms with E-state index >= 15 is 0 Å². The second kappa shape index (κ2) is 14.6. The zero-order chi connectivity index (χ0) is 31.9. The molecule has 4 aromatic carbocycles. The summed E-state index contributed by atoms with van der Waals surface area (Å²) in [6.45, 7) is 5.32. The van der Waals surface area contributed by atoms with Crippen LogP contribution in [-0.2, 0) is 17.7 Å². The van der Waals surface area contributed by atoms with E-state index in [9.17, 15) is 15.0 Å². The summed E-state index contributed by atoms with van der Waals surface area (Å²) in [5.74, 6) is 2.23. The van der Waals surface area contributed by atoms with Crippen molar-refractivity contribution in [2.24, 2.45) is 0 Å². The molecule has 9 heteroatoms. The number of benzene rings is 4. The second-order valence-electron chi connectivity index (χ2n) is 11.5. The van der Waals surface area contributed by atoms with Crippen molar-refractivity contribution in [2.45, 2.75) is 19.1 Å². The number of phenols is 1. The Morgan fingerprint density at radius 3 is 2.54 bits per heavy atom. The van der Waals surface area contributed by atoms with Gasteiger partial charge in [0.15, 0.2) is 0 Å². The number of aliphatic hydroxyl groups is 1. The van der Waals surface area contributed by atoms with Crippen molar-refractivity contribution >= 4 is 10.9 Å². The van der Waals surface area contributed by atoms with Crippen molar-refractivity contribution in [1.82, 2.24) is 15.2 Å². The zero-order valence-electron chi connectivity index (χ0n) is 25.9. The number of H-pyrrole nitrogens is 1. The minimum atomic E-state index is -0.800. The predicted molar refractivity (Wildman–Crippen MR) is 179 cm³/mol. The second-order valence-corrected chi connectivity index (χ2v) is 11.5. The maximum absolute atomic E-state index is 11.7. The molecule has 0 spiro atoms. The summed E-state index contributed by atoms with van der Waals surface area (Å²) in [6.07, 6.45) is -0.0316. The molecule has 9 nitrogen and oxygen atoms in total. The lowest BCUT2D eigenvalue weighted by molar-refractivity contribution is 0.0342. The molecular formula is C37H39N3O6. The van der Waals surface area contributed by atoms with Gasteiger partial charge in [0.25, 0.3) is 0 Å². The Morgan fingerprint density at radius 1 is 0.935 bits per heavy atom. The highest BCUT2D eigenvalue weighted by Gasteiger charge is 2.15.